The van der Waals surface area contributed by atoms with E-state index in [4.69, 9.17) is 15.7 Å². The van der Waals surface area contributed by atoms with E-state index in [-0.39, 0.29) is 4.90 Å². The number of hydrogen-bond acceptors (Lipinski definition) is 7. The molecule has 1 aliphatic heterocycles. The molecule has 9 nitrogen and oxygen atoms in total. The Bertz CT molecular complexity index is 589. The van der Waals surface area contributed by atoms with E-state index in [0.29, 0.717) is 6.20 Å². The molecular formula is C13H15F2N3O6. The highest BCUT2D eigenvalue weighted by Crippen LogP contribution is 2.40. The van der Waals surface area contributed by atoms with Crippen LogP contribution in [0.1, 0.15) is 13.8 Å². The fourth-order valence-electron chi connectivity index (χ4n) is 2.01. The van der Waals surface area contributed by atoms with Crippen molar-refractivity contribution in [3.63, 3.8) is 0 Å². The average molecular weight is 347 g/mol. The van der Waals surface area contributed by atoms with Crippen molar-refractivity contribution in [3.8, 4) is 6.07 Å². The zero-order valence-electron chi connectivity index (χ0n) is 12.8. The van der Waals surface area contributed by atoms with Gasteiger partial charge in [-0.2, -0.15) is 14.0 Å². The minimum Gasteiger partial charge on any atom is -0.463 e. The largest absolute Gasteiger partial charge is 0.463 e. The molecule has 24 heavy (non-hydrogen) atoms. The topological polar surface area (TPSA) is 132 Å². The summed E-state index contributed by atoms with van der Waals surface area (Å²) in [6.07, 6.45) is -4.44. The van der Waals surface area contributed by atoms with E-state index in [1.807, 2.05) is 0 Å². The first-order valence-electron chi connectivity index (χ1n) is 6.59. The van der Waals surface area contributed by atoms with Crippen LogP contribution in [0.4, 0.5) is 13.6 Å². The number of urea groups is 1. The van der Waals surface area contributed by atoms with Crippen LogP contribution in [-0.2, 0) is 23.8 Å². The monoisotopic (exact) mass is 347 g/mol. The Balaban J connectivity index is 3.15. The number of rotatable bonds is 5. The molecule has 2 N–H and O–H groups in total. The number of primary amides is 1. The van der Waals surface area contributed by atoms with Crippen molar-refractivity contribution in [2.45, 2.75) is 38.2 Å². The third-order valence-electron chi connectivity index (χ3n) is 2.91. The Kier molecular flexibility index (Phi) is 6.19. The molecule has 1 heterocycles. The Labute approximate surface area is 135 Å². The minimum atomic E-state index is -3.87. The van der Waals surface area contributed by atoms with Gasteiger partial charge in [-0.15, -0.1) is 0 Å². The van der Waals surface area contributed by atoms with Gasteiger partial charge in [-0.1, -0.05) is 0 Å². The molecule has 1 unspecified atom stereocenters. The fourth-order valence-corrected chi connectivity index (χ4v) is 2.01. The van der Waals surface area contributed by atoms with Crippen molar-refractivity contribution in [1.82, 2.24) is 4.90 Å². The summed E-state index contributed by atoms with van der Waals surface area (Å²) in [4.78, 5) is 33.6. The molecule has 0 radical (unpaired) electrons. The van der Waals surface area contributed by atoms with Gasteiger partial charge in [0.2, 0.25) is 6.23 Å². The second-order valence-corrected chi connectivity index (χ2v) is 4.72. The fraction of sp³-hybridized carbons (Fsp3) is 0.538. The van der Waals surface area contributed by atoms with Crippen molar-refractivity contribution in [2.24, 2.45) is 5.73 Å². The number of amides is 2. The number of carbonyl (C=O) groups is 3. The predicted octanol–water partition coefficient (Wildman–Crippen LogP) is 0.259. The summed E-state index contributed by atoms with van der Waals surface area (Å²) in [6.45, 7) is 1.33. The Morgan fingerprint density at radius 2 is 2.00 bits per heavy atom. The van der Waals surface area contributed by atoms with Gasteiger partial charge in [-0.3, -0.25) is 14.5 Å². The van der Waals surface area contributed by atoms with Crippen LogP contribution in [0.5, 0.6) is 0 Å². The molecule has 0 aromatic carbocycles. The predicted molar refractivity (Wildman–Crippen MR) is 72.0 cm³/mol. The van der Waals surface area contributed by atoms with E-state index in [1.165, 1.54) is 6.07 Å². The van der Waals surface area contributed by atoms with E-state index in [1.54, 1.807) is 0 Å². The normalized spacial score (nSPS) is 25.0. The van der Waals surface area contributed by atoms with Crippen molar-refractivity contribution in [1.29, 1.82) is 5.26 Å². The molecule has 0 bridgehead atoms. The minimum absolute atomic E-state index is 0.285. The lowest BCUT2D eigenvalue weighted by Crippen LogP contribution is -2.51. The molecule has 0 aromatic heterocycles. The van der Waals surface area contributed by atoms with Crippen LogP contribution < -0.4 is 5.73 Å². The van der Waals surface area contributed by atoms with E-state index in [2.05, 4.69) is 9.47 Å². The van der Waals surface area contributed by atoms with Gasteiger partial charge in [0, 0.05) is 26.1 Å². The zero-order chi connectivity index (χ0) is 18.5. The summed E-state index contributed by atoms with van der Waals surface area (Å²) < 4.78 is 43.3. The Morgan fingerprint density at radius 3 is 2.46 bits per heavy atom. The molecule has 3 atom stereocenters. The van der Waals surface area contributed by atoms with Crippen LogP contribution in [0.15, 0.2) is 12.3 Å². The SMILES string of the molecule is CC(=O)OC[C@H]1O[C@@H](N(C=CC#N)C(N)=O)C(F)(F)C1OC(C)=O. The highest BCUT2D eigenvalue weighted by molar-refractivity contribution is 5.73. The van der Waals surface area contributed by atoms with Crippen LogP contribution in [-0.4, -0.2) is 53.8 Å². The second kappa shape index (κ2) is 7.69. The van der Waals surface area contributed by atoms with Gasteiger partial charge in [0.1, 0.15) is 12.7 Å². The molecule has 1 fully saturated rings. The molecule has 11 heteroatoms. The van der Waals surface area contributed by atoms with Gasteiger partial charge in [0.15, 0.2) is 6.10 Å². The molecule has 132 valence electrons. The van der Waals surface area contributed by atoms with Crippen molar-refractivity contribution in [2.75, 3.05) is 6.61 Å². The van der Waals surface area contributed by atoms with Gasteiger partial charge < -0.3 is 19.9 Å². The van der Waals surface area contributed by atoms with Gasteiger partial charge in [0.05, 0.1) is 6.07 Å². The van der Waals surface area contributed by atoms with Crippen molar-refractivity contribution in [3.05, 3.63) is 12.3 Å². The van der Waals surface area contributed by atoms with E-state index < -0.39 is 48.9 Å². The Morgan fingerprint density at radius 1 is 1.38 bits per heavy atom. The van der Waals surface area contributed by atoms with Crippen LogP contribution in [0, 0.1) is 11.3 Å². The van der Waals surface area contributed by atoms with Crippen LogP contribution in [0.25, 0.3) is 0 Å². The van der Waals surface area contributed by atoms with E-state index >= 15 is 0 Å². The van der Waals surface area contributed by atoms with Gasteiger partial charge in [-0.05, 0) is 0 Å². The quantitative estimate of drug-likeness (QED) is 0.557. The summed E-state index contributed by atoms with van der Waals surface area (Å²) in [7, 11) is 0. The molecular weight excluding hydrogens is 332 g/mol. The third-order valence-corrected chi connectivity index (χ3v) is 2.91. The average Bonchev–Trinajstić information content (AvgIpc) is 2.69. The number of carbonyl (C=O) groups excluding carboxylic acids is 3. The zero-order valence-corrected chi connectivity index (χ0v) is 12.8. The molecule has 0 aromatic rings. The molecule has 0 spiro atoms. The number of alkyl halides is 2. The standard InChI is InChI=1S/C13H15F2N3O6/c1-7(19)22-6-9-10(23-8(2)20)13(14,15)11(24-9)18(12(17)21)5-3-4-16/h3,5,9-11H,6H2,1-2H3,(H2,17,21)/t9-,10?,11-/m1/s1. The number of nitrogens with zero attached hydrogens (tertiary/aromatic N) is 2. The lowest BCUT2D eigenvalue weighted by Gasteiger charge is -2.28. The van der Waals surface area contributed by atoms with Gasteiger partial charge in [0.25, 0.3) is 0 Å². The molecule has 0 aliphatic carbocycles. The molecule has 1 saturated heterocycles. The lowest BCUT2D eigenvalue weighted by atomic mass is 10.1. The summed E-state index contributed by atoms with van der Waals surface area (Å²) in [5.74, 6) is -5.65. The lowest BCUT2D eigenvalue weighted by molar-refractivity contribution is -0.175. The molecule has 1 rings (SSSR count). The molecule has 1 aliphatic rings. The van der Waals surface area contributed by atoms with E-state index in [9.17, 15) is 23.2 Å². The first kappa shape index (κ1) is 19.3. The number of ether oxygens (including phenoxy) is 3. The van der Waals surface area contributed by atoms with Crippen LogP contribution >= 0.6 is 0 Å². The van der Waals surface area contributed by atoms with Crippen molar-refractivity contribution < 1.29 is 37.4 Å². The first-order chi connectivity index (χ1) is 11.1. The number of nitriles is 1. The smallest absolute Gasteiger partial charge is 0.331 e. The highest BCUT2D eigenvalue weighted by atomic mass is 19.3. The number of esters is 2. The molecule has 2 amide bonds. The van der Waals surface area contributed by atoms with Crippen molar-refractivity contribution >= 4 is 18.0 Å². The van der Waals surface area contributed by atoms with Gasteiger partial charge in [-0.25, -0.2) is 4.79 Å². The number of hydrogen-bond donors (Lipinski definition) is 1. The first-order valence-corrected chi connectivity index (χ1v) is 6.59. The summed E-state index contributed by atoms with van der Waals surface area (Å²) in [5, 5.41) is 8.47. The summed E-state index contributed by atoms with van der Waals surface area (Å²) in [5.41, 5.74) is 5.01. The number of halogens is 2. The van der Waals surface area contributed by atoms with Gasteiger partial charge >= 0.3 is 23.9 Å². The summed E-state index contributed by atoms with van der Waals surface area (Å²) in [6, 6.07) is 0.195. The maximum absolute atomic E-state index is 14.5. The molecule has 0 saturated carbocycles. The number of allylic oxidation sites excluding steroid dienone is 1. The third kappa shape index (κ3) is 4.39. The van der Waals surface area contributed by atoms with E-state index in [0.717, 1.165) is 19.9 Å². The second-order valence-electron chi connectivity index (χ2n) is 4.72. The van der Waals surface area contributed by atoms with Crippen LogP contribution in [0.3, 0.4) is 0 Å². The maximum atomic E-state index is 14.5. The Hall–Kier alpha value is -2.74. The highest BCUT2D eigenvalue weighted by Gasteiger charge is 2.63. The number of nitrogens with two attached hydrogens (primary N) is 1. The summed E-state index contributed by atoms with van der Waals surface area (Å²) >= 11 is 0. The van der Waals surface area contributed by atoms with Crippen LogP contribution in [0.2, 0.25) is 0 Å². The maximum Gasteiger partial charge on any atom is 0.331 e.